The number of nitrogens with zero attached hydrogens (tertiary/aromatic N) is 1. The van der Waals surface area contributed by atoms with Gasteiger partial charge in [-0.25, -0.2) is 0 Å². The van der Waals surface area contributed by atoms with Crippen LogP contribution in [-0.4, -0.2) is 35.2 Å². The maximum absolute atomic E-state index is 12.3. The van der Waals surface area contributed by atoms with Gasteiger partial charge in [-0.05, 0) is 25.8 Å². The van der Waals surface area contributed by atoms with E-state index in [4.69, 9.17) is 9.84 Å². The van der Waals surface area contributed by atoms with E-state index in [0.717, 1.165) is 0 Å². The molecule has 0 saturated carbocycles. The van der Waals surface area contributed by atoms with Crippen LogP contribution in [0.4, 0.5) is 5.69 Å². The van der Waals surface area contributed by atoms with Crippen LogP contribution >= 0.6 is 0 Å². The Morgan fingerprint density at radius 1 is 1.48 bits per heavy atom. The van der Waals surface area contributed by atoms with E-state index in [1.54, 1.807) is 6.92 Å². The number of nitrogens with one attached hydrogen (secondary N) is 1. The van der Waals surface area contributed by atoms with E-state index in [2.05, 4.69) is 5.32 Å². The predicted molar refractivity (Wildman–Crippen MR) is 77.5 cm³/mol. The van der Waals surface area contributed by atoms with E-state index in [9.17, 15) is 14.9 Å². The molecule has 7 nitrogen and oxygen atoms in total. The number of amides is 1. The molecular weight excluding hydrogens is 276 g/mol. The SMILES string of the molecule is CCOc1c(C(=O)NC(CC)CCO)cccc1[N+](=O)[O-]. The van der Waals surface area contributed by atoms with Gasteiger partial charge in [0.2, 0.25) is 5.75 Å². The van der Waals surface area contributed by atoms with Crippen LogP contribution in [0.25, 0.3) is 0 Å². The van der Waals surface area contributed by atoms with Crippen molar-refractivity contribution in [3.63, 3.8) is 0 Å². The number of nitro benzene ring substituents is 1. The number of benzene rings is 1. The van der Waals surface area contributed by atoms with E-state index in [-0.39, 0.29) is 36.3 Å². The average Bonchev–Trinajstić information content (AvgIpc) is 2.46. The van der Waals surface area contributed by atoms with Crippen molar-refractivity contribution in [1.82, 2.24) is 5.32 Å². The summed E-state index contributed by atoms with van der Waals surface area (Å²) in [6, 6.07) is 4.05. The lowest BCUT2D eigenvalue weighted by molar-refractivity contribution is -0.385. The van der Waals surface area contributed by atoms with Gasteiger partial charge in [0.25, 0.3) is 5.91 Å². The fourth-order valence-electron chi connectivity index (χ4n) is 1.94. The zero-order valence-electron chi connectivity index (χ0n) is 12.2. The van der Waals surface area contributed by atoms with Gasteiger partial charge in [-0.1, -0.05) is 13.0 Å². The molecule has 0 radical (unpaired) electrons. The summed E-state index contributed by atoms with van der Waals surface area (Å²) in [6.45, 7) is 3.77. The van der Waals surface area contributed by atoms with Crippen molar-refractivity contribution in [2.75, 3.05) is 13.2 Å². The standard InChI is InChI=1S/C14H20N2O5/c1-3-10(8-9-17)15-14(18)11-6-5-7-12(16(19)20)13(11)21-4-2/h5-7,10,17H,3-4,8-9H2,1-2H3,(H,15,18). The highest BCUT2D eigenvalue weighted by atomic mass is 16.6. The van der Waals surface area contributed by atoms with Crippen molar-refractivity contribution in [2.45, 2.75) is 32.7 Å². The molecule has 1 amide bonds. The summed E-state index contributed by atoms with van der Waals surface area (Å²) in [5.41, 5.74) is -0.109. The average molecular weight is 296 g/mol. The number of nitro groups is 1. The maximum atomic E-state index is 12.3. The number of hydrogen-bond acceptors (Lipinski definition) is 5. The highest BCUT2D eigenvalue weighted by molar-refractivity contribution is 5.98. The molecule has 1 aromatic rings. The van der Waals surface area contributed by atoms with E-state index in [0.29, 0.717) is 12.8 Å². The van der Waals surface area contributed by atoms with Crippen molar-refractivity contribution >= 4 is 11.6 Å². The van der Waals surface area contributed by atoms with Crippen molar-refractivity contribution in [2.24, 2.45) is 0 Å². The van der Waals surface area contributed by atoms with Gasteiger partial charge in [-0.15, -0.1) is 0 Å². The minimum atomic E-state index is -0.577. The number of hydrogen-bond donors (Lipinski definition) is 2. The smallest absolute Gasteiger partial charge is 0.311 e. The molecule has 0 aliphatic rings. The topological polar surface area (TPSA) is 102 Å². The van der Waals surface area contributed by atoms with Gasteiger partial charge in [0.1, 0.15) is 0 Å². The molecule has 1 atom stereocenters. The van der Waals surface area contributed by atoms with Crippen molar-refractivity contribution in [3.05, 3.63) is 33.9 Å². The van der Waals surface area contributed by atoms with Crippen LogP contribution < -0.4 is 10.1 Å². The second kappa shape index (κ2) is 8.21. The minimum absolute atomic E-state index is 0.0265. The van der Waals surface area contributed by atoms with Gasteiger partial charge in [0.15, 0.2) is 0 Å². The van der Waals surface area contributed by atoms with E-state index < -0.39 is 10.8 Å². The second-order valence-corrected chi connectivity index (χ2v) is 4.43. The number of carbonyl (C=O) groups is 1. The van der Waals surface area contributed by atoms with Gasteiger partial charge in [0.05, 0.1) is 17.1 Å². The quantitative estimate of drug-likeness (QED) is 0.563. The summed E-state index contributed by atoms with van der Waals surface area (Å²) in [7, 11) is 0. The summed E-state index contributed by atoms with van der Waals surface area (Å²) in [5, 5.41) is 22.7. The lowest BCUT2D eigenvalue weighted by atomic mass is 10.1. The number of para-hydroxylation sites is 1. The van der Waals surface area contributed by atoms with Crippen LogP contribution in [0.5, 0.6) is 5.75 Å². The zero-order valence-corrected chi connectivity index (χ0v) is 12.2. The molecular formula is C14H20N2O5. The largest absolute Gasteiger partial charge is 0.487 e. The third kappa shape index (κ3) is 4.42. The van der Waals surface area contributed by atoms with E-state index >= 15 is 0 Å². The van der Waals surface area contributed by atoms with Gasteiger partial charge in [0, 0.05) is 18.7 Å². The highest BCUT2D eigenvalue weighted by Gasteiger charge is 2.24. The first-order chi connectivity index (χ1) is 10.0. The Labute approximate surface area is 123 Å². The molecule has 7 heteroatoms. The Kier molecular flexibility index (Phi) is 6.61. The van der Waals surface area contributed by atoms with E-state index in [1.807, 2.05) is 6.92 Å². The molecule has 1 rings (SSSR count). The van der Waals surface area contributed by atoms with Crippen LogP contribution in [-0.2, 0) is 0 Å². The molecule has 116 valence electrons. The lowest BCUT2D eigenvalue weighted by Gasteiger charge is -2.17. The molecule has 21 heavy (non-hydrogen) atoms. The third-order valence-corrected chi connectivity index (χ3v) is 3.03. The highest BCUT2D eigenvalue weighted by Crippen LogP contribution is 2.31. The summed E-state index contributed by atoms with van der Waals surface area (Å²) < 4.78 is 5.27. The molecule has 2 N–H and O–H groups in total. The molecule has 1 unspecified atom stereocenters. The van der Waals surface area contributed by atoms with Crippen LogP contribution in [0.15, 0.2) is 18.2 Å². The number of aliphatic hydroxyl groups is 1. The molecule has 0 aliphatic heterocycles. The fraction of sp³-hybridized carbons (Fsp3) is 0.500. The summed E-state index contributed by atoms with van der Waals surface area (Å²) in [6.07, 6.45) is 1.09. The van der Waals surface area contributed by atoms with Crippen molar-refractivity contribution in [1.29, 1.82) is 0 Å². The summed E-state index contributed by atoms with van der Waals surface area (Å²) in [5.74, 6) is -0.469. The molecule has 0 fully saturated rings. The van der Waals surface area contributed by atoms with Crippen LogP contribution in [0.3, 0.4) is 0 Å². The van der Waals surface area contributed by atoms with Crippen molar-refractivity contribution < 1.29 is 19.6 Å². The second-order valence-electron chi connectivity index (χ2n) is 4.43. The monoisotopic (exact) mass is 296 g/mol. The molecule has 0 bridgehead atoms. The van der Waals surface area contributed by atoms with Gasteiger partial charge < -0.3 is 15.2 Å². The van der Waals surface area contributed by atoms with Crippen molar-refractivity contribution in [3.8, 4) is 5.75 Å². The third-order valence-electron chi connectivity index (χ3n) is 3.03. The lowest BCUT2D eigenvalue weighted by Crippen LogP contribution is -2.35. The molecule has 0 aromatic heterocycles. The minimum Gasteiger partial charge on any atom is -0.487 e. The predicted octanol–water partition coefficient (Wildman–Crippen LogP) is 1.88. The normalized spacial score (nSPS) is 11.8. The Bertz CT molecular complexity index is 504. The number of rotatable bonds is 8. The Morgan fingerprint density at radius 3 is 2.71 bits per heavy atom. The molecule has 0 saturated heterocycles. The first-order valence-corrected chi connectivity index (χ1v) is 6.87. The Balaban J connectivity index is 3.08. The first-order valence-electron chi connectivity index (χ1n) is 6.87. The maximum Gasteiger partial charge on any atom is 0.311 e. The number of carbonyl (C=O) groups excluding carboxylic acids is 1. The first kappa shape index (κ1) is 16.9. The molecule has 0 spiro atoms. The fourth-order valence-corrected chi connectivity index (χ4v) is 1.94. The van der Waals surface area contributed by atoms with Gasteiger partial charge in [-0.3, -0.25) is 14.9 Å². The van der Waals surface area contributed by atoms with E-state index in [1.165, 1.54) is 18.2 Å². The van der Waals surface area contributed by atoms with Crippen LogP contribution in [0.1, 0.15) is 37.0 Å². The Hall–Kier alpha value is -2.15. The molecule has 0 heterocycles. The molecule has 0 aliphatic carbocycles. The zero-order chi connectivity index (χ0) is 15.8. The number of ether oxygens (including phenoxy) is 1. The Morgan fingerprint density at radius 2 is 2.19 bits per heavy atom. The summed E-state index contributed by atoms with van der Waals surface area (Å²) in [4.78, 5) is 22.7. The molecule has 1 aromatic carbocycles. The van der Waals surface area contributed by atoms with Crippen LogP contribution in [0.2, 0.25) is 0 Å². The van der Waals surface area contributed by atoms with Gasteiger partial charge >= 0.3 is 5.69 Å². The summed E-state index contributed by atoms with van der Waals surface area (Å²) >= 11 is 0. The number of aliphatic hydroxyl groups excluding tert-OH is 1. The van der Waals surface area contributed by atoms with Crippen LogP contribution in [0, 0.1) is 10.1 Å². The van der Waals surface area contributed by atoms with Gasteiger partial charge in [-0.2, -0.15) is 0 Å².